The van der Waals surface area contributed by atoms with E-state index in [-0.39, 0.29) is 0 Å². The van der Waals surface area contributed by atoms with Gasteiger partial charge >= 0.3 is 0 Å². The molecule has 1 saturated heterocycles. The van der Waals surface area contributed by atoms with Crippen LogP contribution in [-0.4, -0.2) is 66.6 Å². The molecule has 1 N–H and O–H groups in total. The highest BCUT2D eigenvalue weighted by molar-refractivity contribution is 5.81. The summed E-state index contributed by atoms with van der Waals surface area (Å²) in [4.78, 5) is 6.84. The maximum Gasteiger partial charge on any atom is 0.218 e. The number of hydrazone groups is 1. The fourth-order valence-electron chi connectivity index (χ4n) is 2.15. The van der Waals surface area contributed by atoms with Gasteiger partial charge in [-0.1, -0.05) is 0 Å². The average Bonchev–Trinajstić information content (AvgIpc) is 3.01. The second-order valence-corrected chi connectivity index (χ2v) is 3.91. The van der Waals surface area contributed by atoms with Gasteiger partial charge in [0.25, 0.3) is 0 Å². The van der Waals surface area contributed by atoms with Crippen LogP contribution >= 0.6 is 0 Å². The maximum absolute atomic E-state index is 4.56. The number of nitrogens with zero attached hydrogens (tertiary/aromatic N) is 5. The molecule has 15 heavy (non-hydrogen) atoms. The molecular formula is C9H16N6. The summed E-state index contributed by atoms with van der Waals surface area (Å²) in [6.07, 6.45) is 3.01. The van der Waals surface area contributed by atoms with E-state index in [2.05, 4.69) is 25.3 Å². The monoisotopic (exact) mass is 208 g/mol. The Balaban J connectivity index is 1.72. The molecule has 0 amide bonds. The molecule has 0 aromatic heterocycles. The van der Waals surface area contributed by atoms with Crippen molar-refractivity contribution < 1.29 is 0 Å². The van der Waals surface area contributed by atoms with E-state index in [0.29, 0.717) is 0 Å². The molecule has 0 saturated carbocycles. The minimum Gasteiger partial charge on any atom is -0.327 e. The van der Waals surface area contributed by atoms with Crippen molar-refractivity contribution in [3.05, 3.63) is 0 Å². The Morgan fingerprint density at radius 2 is 2.27 bits per heavy atom. The molecule has 82 valence electrons. The zero-order chi connectivity index (χ0) is 10.1. The minimum atomic E-state index is 0.887. The van der Waals surface area contributed by atoms with Gasteiger partial charge in [-0.3, -0.25) is 5.32 Å². The van der Waals surface area contributed by atoms with Gasteiger partial charge in [0.05, 0.1) is 26.3 Å². The van der Waals surface area contributed by atoms with Crippen LogP contribution in [0.1, 0.15) is 6.42 Å². The Morgan fingerprint density at radius 3 is 3.00 bits per heavy atom. The lowest BCUT2D eigenvalue weighted by molar-refractivity contribution is 0.0605. The van der Waals surface area contributed by atoms with E-state index >= 15 is 0 Å². The van der Waals surface area contributed by atoms with Gasteiger partial charge in [-0.15, -0.1) is 0 Å². The highest BCUT2D eigenvalue weighted by Crippen LogP contribution is 2.14. The van der Waals surface area contributed by atoms with E-state index in [1.165, 1.54) is 0 Å². The summed E-state index contributed by atoms with van der Waals surface area (Å²) < 4.78 is 0. The highest BCUT2D eigenvalue weighted by atomic mass is 15.8. The third kappa shape index (κ3) is 1.54. The van der Waals surface area contributed by atoms with Crippen LogP contribution in [0.2, 0.25) is 0 Å². The standard InChI is InChI=1S/C9H16N6/c1-2-12-15(5-1)14-7-4-11-9(14)13-6-3-10-8-13/h2,10H,1,3-8H2. The van der Waals surface area contributed by atoms with Crippen molar-refractivity contribution >= 4 is 12.2 Å². The summed E-state index contributed by atoms with van der Waals surface area (Å²) in [5.41, 5.74) is 0. The topological polar surface area (TPSA) is 46.5 Å². The third-order valence-corrected chi connectivity index (χ3v) is 2.89. The van der Waals surface area contributed by atoms with Crippen LogP contribution in [0.4, 0.5) is 0 Å². The molecule has 0 spiro atoms. The average molecular weight is 208 g/mol. The van der Waals surface area contributed by atoms with E-state index < -0.39 is 0 Å². The lowest BCUT2D eigenvalue weighted by atomic mass is 10.5. The van der Waals surface area contributed by atoms with E-state index in [1.807, 2.05) is 11.3 Å². The molecule has 0 aromatic rings. The predicted octanol–water partition coefficient (Wildman–Crippen LogP) is -0.873. The maximum atomic E-state index is 4.56. The molecule has 0 unspecified atom stereocenters. The van der Waals surface area contributed by atoms with Crippen LogP contribution in [-0.2, 0) is 0 Å². The first kappa shape index (κ1) is 8.96. The lowest BCUT2D eigenvalue weighted by Crippen LogP contribution is -2.48. The number of hydrogen-bond acceptors (Lipinski definition) is 6. The molecule has 3 aliphatic rings. The molecule has 6 heteroatoms. The van der Waals surface area contributed by atoms with Crippen molar-refractivity contribution in [3.8, 4) is 0 Å². The van der Waals surface area contributed by atoms with E-state index in [1.54, 1.807) is 0 Å². The first-order chi connectivity index (χ1) is 7.45. The van der Waals surface area contributed by atoms with Gasteiger partial charge in [0.1, 0.15) is 0 Å². The molecule has 0 aliphatic carbocycles. The summed E-state index contributed by atoms with van der Waals surface area (Å²) in [6.45, 7) is 5.84. The summed E-state index contributed by atoms with van der Waals surface area (Å²) in [6, 6.07) is 0. The SMILES string of the molecule is C1=NN(N2CCN=C2N2CCNC2)CC1. The van der Waals surface area contributed by atoms with Crippen LogP contribution in [0.5, 0.6) is 0 Å². The molecule has 6 nitrogen and oxygen atoms in total. The van der Waals surface area contributed by atoms with Crippen molar-refractivity contribution in [2.24, 2.45) is 10.1 Å². The molecule has 3 heterocycles. The normalized spacial score (nSPS) is 25.6. The van der Waals surface area contributed by atoms with E-state index in [0.717, 1.165) is 51.8 Å². The Morgan fingerprint density at radius 1 is 1.27 bits per heavy atom. The Kier molecular flexibility index (Phi) is 2.21. The third-order valence-electron chi connectivity index (χ3n) is 2.89. The smallest absolute Gasteiger partial charge is 0.218 e. The molecule has 0 radical (unpaired) electrons. The number of nitrogens with one attached hydrogen (secondary N) is 1. The largest absolute Gasteiger partial charge is 0.327 e. The Bertz CT molecular complexity index is 293. The molecule has 3 rings (SSSR count). The van der Waals surface area contributed by atoms with Crippen molar-refractivity contribution in [3.63, 3.8) is 0 Å². The first-order valence-electron chi connectivity index (χ1n) is 5.53. The molecule has 3 aliphatic heterocycles. The molecular weight excluding hydrogens is 192 g/mol. The number of rotatable bonds is 1. The van der Waals surface area contributed by atoms with Gasteiger partial charge in [0, 0.05) is 25.7 Å². The quantitative estimate of drug-likeness (QED) is 0.608. The van der Waals surface area contributed by atoms with Crippen molar-refractivity contribution in [2.75, 3.05) is 39.4 Å². The zero-order valence-corrected chi connectivity index (χ0v) is 8.76. The fourth-order valence-corrected chi connectivity index (χ4v) is 2.15. The number of aliphatic imine (C=N–C) groups is 1. The minimum absolute atomic E-state index is 0.887. The van der Waals surface area contributed by atoms with E-state index in [4.69, 9.17) is 0 Å². The summed E-state index contributed by atoms with van der Waals surface area (Å²) in [5.74, 6) is 1.08. The van der Waals surface area contributed by atoms with Crippen LogP contribution in [0.3, 0.4) is 0 Å². The summed E-state index contributed by atoms with van der Waals surface area (Å²) >= 11 is 0. The van der Waals surface area contributed by atoms with Crippen LogP contribution in [0.25, 0.3) is 0 Å². The molecule has 0 aromatic carbocycles. The second-order valence-electron chi connectivity index (χ2n) is 3.91. The van der Waals surface area contributed by atoms with Crippen LogP contribution in [0, 0.1) is 0 Å². The van der Waals surface area contributed by atoms with Crippen molar-refractivity contribution in [1.82, 2.24) is 20.3 Å². The van der Waals surface area contributed by atoms with Gasteiger partial charge in [-0.25, -0.2) is 15.1 Å². The number of hydrogen-bond donors (Lipinski definition) is 1. The fraction of sp³-hybridized carbons (Fsp3) is 0.778. The summed E-state index contributed by atoms with van der Waals surface area (Å²) in [7, 11) is 0. The highest BCUT2D eigenvalue weighted by Gasteiger charge is 2.29. The number of hydrazine groups is 1. The van der Waals surface area contributed by atoms with Gasteiger partial charge in [0.15, 0.2) is 0 Å². The predicted molar refractivity (Wildman–Crippen MR) is 58.4 cm³/mol. The van der Waals surface area contributed by atoms with Gasteiger partial charge in [0.2, 0.25) is 5.96 Å². The van der Waals surface area contributed by atoms with Crippen LogP contribution < -0.4 is 5.32 Å². The van der Waals surface area contributed by atoms with Gasteiger partial charge < -0.3 is 4.90 Å². The molecule has 0 bridgehead atoms. The number of guanidine groups is 1. The van der Waals surface area contributed by atoms with Crippen LogP contribution in [0.15, 0.2) is 10.1 Å². The summed E-state index contributed by atoms with van der Waals surface area (Å²) in [5, 5.41) is 11.9. The van der Waals surface area contributed by atoms with Gasteiger partial charge in [-0.05, 0) is 0 Å². The zero-order valence-electron chi connectivity index (χ0n) is 8.76. The molecule has 1 fully saturated rings. The van der Waals surface area contributed by atoms with Crippen molar-refractivity contribution in [1.29, 1.82) is 0 Å². The second kappa shape index (κ2) is 3.69. The first-order valence-corrected chi connectivity index (χ1v) is 5.53. The Hall–Kier alpha value is -1.30. The Labute approximate surface area is 89.2 Å². The van der Waals surface area contributed by atoms with E-state index in [9.17, 15) is 0 Å². The van der Waals surface area contributed by atoms with Gasteiger partial charge in [-0.2, -0.15) is 5.10 Å². The lowest BCUT2D eigenvalue weighted by Gasteiger charge is -2.32. The van der Waals surface area contributed by atoms with Crippen molar-refractivity contribution in [2.45, 2.75) is 6.42 Å². The molecule has 0 atom stereocenters.